The van der Waals surface area contributed by atoms with Crippen LogP contribution in [0.4, 0.5) is 0 Å². The summed E-state index contributed by atoms with van der Waals surface area (Å²) < 4.78 is 0. The SMILES string of the molecule is CCCC(C)C=O.[CaH2]. The van der Waals surface area contributed by atoms with Crippen LogP contribution < -0.4 is 0 Å². The van der Waals surface area contributed by atoms with Crippen LogP contribution in [0.1, 0.15) is 26.7 Å². The Morgan fingerprint density at radius 3 is 2.25 bits per heavy atom. The molecule has 0 spiro atoms. The number of hydrogen-bond donors (Lipinski definition) is 0. The summed E-state index contributed by atoms with van der Waals surface area (Å²) in [6.07, 6.45) is 3.15. The van der Waals surface area contributed by atoms with E-state index in [9.17, 15) is 4.79 Å². The van der Waals surface area contributed by atoms with Crippen LogP contribution in [0.5, 0.6) is 0 Å². The van der Waals surface area contributed by atoms with Gasteiger partial charge in [0.25, 0.3) is 0 Å². The van der Waals surface area contributed by atoms with Crippen molar-refractivity contribution in [2.45, 2.75) is 26.7 Å². The fraction of sp³-hybridized carbons (Fsp3) is 0.833. The first kappa shape index (κ1) is 11.7. The van der Waals surface area contributed by atoms with Gasteiger partial charge >= 0.3 is 37.7 Å². The van der Waals surface area contributed by atoms with Gasteiger partial charge in [-0.15, -0.1) is 0 Å². The van der Waals surface area contributed by atoms with Crippen LogP contribution in [-0.2, 0) is 4.79 Å². The number of hydrogen-bond acceptors (Lipinski definition) is 1. The monoisotopic (exact) mass is 142 g/mol. The minimum atomic E-state index is 0. The topological polar surface area (TPSA) is 17.1 Å². The predicted octanol–water partition coefficient (Wildman–Crippen LogP) is 0.705. The molecule has 1 unspecified atom stereocenters. The van der Waals surface area contributed by atoms with E-state index >= 15 is 0 Å². The molecule has 1 atom stereocenters. The Bertz CT molecular complexity index is 54.5. The second-order valence-corrected chi connectivity index (χ2v) is 1.90. The van der Waals surface area contributed by atoms with Crippen molar-refractivity contribution in [1.82, 2.24) is 0 Å². The molecule has 0 aliphatic carbocycles. The van der Waals surface area contributed by atoms with E-state index in [1.54, 1.807) is 0 Å². The number of aldehydes is 1. The van der Waals surface area contributed by atoms with Gasteiger partial charge in [-0.25, -0.2) is 0 Å². The third-order valence-corrected chi connectivity index (χ3v) is 0.976. The number of rotatable bonds is 3. The molecule has 0 saturated carbocycles. The molecular formula is C6H14CaO. The van der Waals surface area contributed by atoms with Gasteiger partial charge < -0.3 is 4.79 Å². The van der Waals surface area contributed by atoms with E-state index in [0.29, 0.717) is 0 Å². The maximum atomic E-state index is 9.89. The zero-order valence-corrected chi connectivity index (χ0v) is 4.98. The Hall–Kier alpha value is 0.930. The summed E-state index contributed by atoms with van der Waals surface area (Å²) in [5, 5.41) is 0. The second-order valence-electron chi connectivity index (χ2n) is 1.90. The first-order valence-electron chi connectivity index (χ1n) is 2.76. The third-order valence-electron chi connectivity index (χ3n) is 0.976. The average Bonchev–Trinajstić information content (AvgIpc) is 1.68. The van der Waals surface area contributed by atoms with Crippen molar-refractivity contribution in [2.24, 2.45) is 5.92 Å². The van der Waals surface area contributed by atoms with Crippen LogP contribution in [0, 0.1) is 5.92 Å². The van der Waals surface area contributed by atoms with Gasteiger partial charge in [0.15, 0.2) is 0 Å². The summed E-state index contributed by atoms with van der Waals surface area (Å²) in [5.74, 6) is 0.269. The van der Waals surface area contributed by atoms with Gasteiger partial charge in [0.05, 0.1) is 0 Å². The normalized spacial score (nSPS) is 11.8. The van der Waals surface area contributed by atoms with Gasteiger partial charge in [-0.3, -0.25) is 0 Å². The van der Waals surface area contributed by atoms with Crippen LogP contribution in [0.2, 0.25) is 0 Å². The van der Waals surface area contributed by atoms with Gasteiger partial charge in [-0.1, -0.05) is 20.3 Å². The standard InChI is InChI=1S/C6H12O.Ca.2H/c1-3-4-6(2)5-7;;;/h5-6H,3-4H2,1-2H3;;;. The van der Waals surface area contributed by atoms with Crippen molar-refractivity contribution < 1.29 is 4.79 Å². The van der Waals surface area contributed by atoms with Gasteiger partial charge in [-0.05, 0) is 6.42 Å². The molecular weight excluding hydrogens is 128 g/mol. The summed E-state index contributed by atoms with van der Waals surface area (Å²) in [5.41, 5.74) is 0. The molecule has 0 fully saturated rings. The van der Waals surface area contributed by atoms with Gasteiger partial charge in [0.2, 0.25) is 0 Å². The van der Waals surface area contributed by atoms with Crippen LogP contribution in [0.3, 0.4) is 0 Å². The molecule has 0 saturated heterocycles. The first-order chi connectivity index (χ1) is 3.31. The maximum absolute atomic E-state index is 9.89. The summed E-state index contributed by atoms with van der Waals surface area (Å²) >= 11 is 0. The third kappa shape index (κ3) is 6.93. The van der Waals surface area contributed by atoms with Gasteiger partial charge in [0.1, 0.15) is 6.29 Å². The van der Waals surface area contributed by atoms with E-state index in [-0.39, 0.29) is 43.7 Å². The Morgan fingerprint density at radius 2 is 2.12 bits per heavy atom. The van der Waals surface area contributed by atoms with E-state index in [1.165, 1.54) is 0 Å². The van der Waals surface area contributed by atoms with Crippen molar-refractivity contribution >= 4 is 44.0 Å². The molecule has 0 rings (SSSR count). The molecule has 0 heterocycles. The van der Waals surface area contributed by atoms with E-state index in [4.69, 9.17) is 0 Å². The van der Waals surface area contributed by atoms with Gasteiger partial charge in [-0.2, -0.15) is 0 Å². The molecule has 8 heavy (non-hydrogen) atoms. The van der Waals surface area contributed by atoms with Crippen LogP contribution in [0.25, 0.3) is 0 Å². The molecule has 0 bridgehead atoms. The summed E-state index contributed by atoms with van der Waals surface area (Å²) in [6, 6.07) is 0. The summed E-state index contributed by atoms with van der Waals surface area (Å²) in [4.78, 5) is 9.89. The van der Waals surface area contributed by atoms with Crippen molar-refractivity contribution in [3.8, 4) is 0 Å². The molecule has 0 aromatic carbocycles. The summed E-state index contributed by atoms with van der Waals surface area (Å²) in [7, 11) is 0. The molecule has 46 valence electrons. The predicted molar refractivity (Wildman–Crippen MR) is 38.7 cm³/mol. The van der Waals surface area contributed by atoms with Crippen molar-refractivity contribution in [1.29, 1.82) is 0 Å². The first-order valence-corrected chi connectivity index (χ1v) is 2.76. The zero-order chi connectivity index (χ0) is 5.70. The fourth-order valence-electron chi connectivity index (χ4n) is 0.523. The van der Waals surface area contributed by atoms with Crippen LogP contribution in [-0.4, -0.2) is 44.0 Å². The zero-order valence-electron chi connectivity index (χ0n) is 4.98. The van der Waals surface area contributed by atoms with E-state index in [2.05, 4.69) is 6.92 Å². The molecule has 0 aliphatic rings. The van der Waals surface area contributed by atoms with Crippen LogP contribution in [0.15, 0.2) is 0 Å². The molecule has 0 N–H and O–H groups in total. The Morgan fingerprint density at radius 1 is 1.62 bits per heavy atom. The number of carbonyl (C=O) groups excluding carboxylic acids is 1. The quantitative estimate of drug-likeness (QED) is 0.419. The Kier molecular flexibility index (Phi) is 11.6. The van der Waals surface area contributed by atoms with Crippen molar-refractivity contribution in [3.05, 3.63) is 0 Å². The van der Waals surface area contributed by atoms with Crippen molar-refractivity contribution in [2.75, 3.05) is 0 Å². The summed E-state index contributed by atoms with van der Waals surface area (Å²) in [6.45, 7) is 4.02. The van der Waals surface area contributed by atoms with E-state index < -0.39 is 0 Å². The second kappa shape index (κ2) is 7.93. The average molecular weight is 142 g/mol. The molecule has 1 nitrogen and oxygen atoms in total. The van der Waals surface area contributed by atoms with Crippen LogP contribution >= 0.6 is 0 Å². The molecule has 0 aromatic heterocycles. The Labute approximate surface area is 80.8 Å². The minimum absolute atomic E-state index is 0. The van der Waals surface area contributed by atoms with E-state index in [0.717, 1.165) is 19.1 Å². The van der Waals surface area contributed by atoms with Gasteiger partial charge in [0, 0.05) is 5.92 Å². The van der Waals surface area contributed by atoms with Crippen molar-refractivity contribution in [3.63, 3.8) is 0 Å². The number of carbonyl (C=O) groups is 1. The molecule has 0 radical (unpaired) electrons. The molecule has 0 aliphatic heterocycles. The van der Waals surface area contributed by atoms with E-state index in [1.807, 2.05) is 6.92 Å². The fourth-order valence-corrected chi connectivity index (χ4v) is 0.523. The molecule has 2 heteroatoms. The molecule has 0 amide bonds. The Balaban J connectivity index is 0. The molecule has 0 aromatic rings.